The average molecular weight is 169 g/mol. The van der Waals surface area contributed by atoms with Gasteiger partial charge in [-0.05, 0) is 19.4 Å². The molecule has 11 heavy (non-hydrogen) atoms. The van der Waals surface area contributed by atoms with Crippen LogP contribution in [0.25, 0.3) is 0 Å². The molecule has 0 aromatic heterocycles. The summed E-state index contributed by atoms with van der Waals surface area (Å²) in [7, 11) is 0. The number of alkyl halides is 3. The SMILES string of the molecule is FC(F)(F)OC[C@@H]1CCCN1. The van der Waals surface area contributed by atoms with Crippen LogP contribution in [0.1, 0.15) is 12.8 Å². The highest BCUT2D eigenvalue weighted by atomic mass is 19.4. The van der Waals surface area contributed by atoms with E-state index in [-0.39, 0.29) is 12.6 Å². The molecule has 0 bridgehead atoms. The van der Waals surface area contributed by atoms with Crippen LogP contribution in [-0.2, 0) is 4.74 Å². The minimum atomic E-state index is -4.48. The van der Waals surface area contributed by atoms with Gasteiger partial charge in [0.25, 0.3) is 0 Å². The zero-order valence-corrected chi connectivity index (χ0v) is 5.95. The van der Waals surface area contributed by atoms with Crippen molar-refractivity contribution in [2.75, 3.05) is 13.2 Å². The molecule has 5 heteroatoms. The first kappa shape index (κ1) is 8.80. The fourth-order valence-corrected chi connectivity index (χ4v) is 1.09. The second-order valence-corrected chi connectivity index (χ2v) is 2.55. The molecule has 0 spiro atoms. The van der Waals surface area contributed by atoms with Gasteiger partial charge < -0.3 is 5.32 Å². The first-order chi connectivity index (χ1) is 5.08. The molecule has 0 saturated carbocycles. The maximum absolute atomic E-state index is 11.5. The van der Waals surface area contributed by atoms with E-state index in [1.165, 1.54) is 0 Å². The molecule has 0 amide bonds. The van der Waals surface area contributed by atoms with Gasteiger partial charge in [0, 0.05) is 6.04 Å². The molecule has 0 unspecified atom stereocenters. The monoisotopic (exact) mass is 169 g/mol. The smallest absolute Gasteiger partial charge is 0.312 e. The zero-order chi connectivity index (χ0) is 8.32. The summed E-state index contributed by atoms with van der Waals surface area (Å²) < 4.78 is 38.0. The van der Waals surface area contributed by atoms with Crippen LogP contribution >= 0.6 is 0 Å². The van der Waals surface area contributed by atoms with Crippen molar-refractivity contribution in [2.24, 2.45) is 0 Å². The number of rotatable bonds is 2. The molecule has 1 fully saturated rings. The van der Waals surface area contributed by atoms with Crippen LogP contribution in [0.3, 0.4) is 0 Å². The third-order valence-corrected chi connectivity index (χ3v) is 1.61. The molecule has 1 aliphatic rings. The Bertz CT molecular complexity index is 119. The molecule has 0 aromatic rings. The van der Waals surface area contributed by atoms with E-state index in [0.29, 0.717) is 0 Å². The summed E-state index contributed by atoms with van der Waals surface area (Å²) in [6, 6.07) is -0.114. The van der Waals surface area contributed by atoms with Gasteiger partial charge in [-0.2, -0.15) is 0 Å². The summed E-state index contributed by atoms with van der Waals surface area (Å²) in [5.41, 5.74) is 0. The van der Waals surface area contributed by atoms with Crippen molar-refractivity contribution in [2.45, 2.75) is 25.2 Å². The van der Waals surface area contributed by atoms with E-state index in [1.54, 1.807) is 0 Å². The van der Waals surface area contributed by atoms with Crippen LogP contribution < -0.4 is 5.32 Å². The third kappa shape index (κ3) is 3.57. The molecule has 0 radical (unpaired) electrons. The van der Waals surface area contributed by atoms with Crippen molar-refractivity contribution in [1.29, 1.82) is 0 Å². The van der Waals surface area contributed by atoms with Gasteiger partial charge in [-0.1, -0.05) is 0 Å². The molecule has 1 N–H and O–H groups in total. The van der Waals surface area contributed by atoms with Crippen molar-refractivity contribution in [3.05, 3.63) is 0 Å². The van der Waals surface area contributed by atoms with Gasteiger partial charge in [-0.3, -0.25) is 4.74 Å². The lowest BCUT2D eigenvalue weighted by atomic mass is 10.2. The Kier molecular flexibility index (Phi) is 2.72. The van der Waals surface area contributed by atoms with Crippen LogP contribution in [0.4, 0.5) is 13.2 Å². The zero-order valence-electron chi connectivity index (χ0n) is 5.95. The minimum absolute atomic E-state index is 0.114. The summed E-state index contributed by atoms with van der Waals surface area (Å²) in [4.78, 5) is 0. The maximum atomic E-state index is 11.5. The molecule has 0 aromatic carbocycles. The van der Waals surface area contributed by atoms with Crippen LogP contribution in [0.5, 0.6) is 0 Å². The predicted octanol–water partition coefficient (Wildman–Crippen LogP) is 1.27. The lowest BCUT2D eigenvalue weighted by molar-refractivity contribution is -0.326. The number of hydrogen-bond acceptors (Lipinski definition) is 2. The number of hydrogen-bond donors (Lipinski definition) is 1. The lowest BCUT2D eigenvalue weighted by Gasteiger charge is -2.11. The van der Waals surface area contributed by atoms with Crippen LogP contribution in [0.2, 0.25) is 0 Å². The molecule has 66 valence electrons. The molecule has 1 saturated heterocycles. The van der Waals surface area contributed by atoms with E-state index < -0.39 is 6.36 Å². The van der Waals surface area contributed by atoms with Gasteiger partial charge in [-0.15, -0.1) is 13.2 Å². The van der Waals surface area contributed by atoms with Crippen LogP contribution in [-0.4, -0.2) is 25.6 Å². The Balaban J connectivity index is 2.11. The average Bonchev–Trinajstić information content (AvgIpc) is 2.32. The maximum Gasteiger partial charge on any atom is 0.522 e. The van der Waals surface area contributed by atoms with Gasteiger partial charge in [0.05, 0.1) is 6.61 Å². The van der Waals surface area contributed by atoms with E-state index in [2.05, 4.69) is 10.1 Å². The van der Waals surface area contributed by atoms with Gasteiger partial charge in [0.2, 0.25) is 0 Å². The standard InChI is InChI=1S/C6H10F3NO/c7-6(8,9)11-4-5-2-1-3-10-5/h5,10H,1-4H2/t5-/m0/s1. The Morgan fingerprint density at radius 2 is 2.18 bits per heavy atom. The van der Waals surface area contributed by atoms with E-state index >= 15 is 0 Å². The summed E-state index contributed by atoms with van der Waals surface area (Å²) in [6.07, 6.45) is -2.77. The highest BCUT2D eigenvalue weighted by molar-refractivity contribution is 4.73. The second kappa shape index (κ2) is 3.40. The lowest BCUT2D eigenvalue weighted by Crippen LogP contribution is -2.30. The van der Waals surface area contributed by atoms with Gasteiger partial charge in [0.1, 0.15) is 0 Å². The molecule has 0 aliphatic carbocycles. The number of ether oxygens (including phenoxy) is 1. The topological polar surface area (TPSA) is 21.3 Å². The predicted molar refractivity (Wildman–Crippen MR) is 33.0 cm³/mol. The Labute approximate surface area is 62.7 Å². The number of nitrogens with one attached hydrogen (secondary N) is 1. The van der Waals surface area contributed by atoms with Gasteiger partial charge >= 0.3 is 6.36 Å². The van der Waals surface area contributed by atoms with E-state index in [0.717, 1.165) is 19.4 Å². The summed E-state index contributed by atoms with van der Waals surface area (Å²) in [6.45, 7) is 0.537. The molecule has 2 nitrogen and oxygen atoms in total. The van der Waals surface area contributed by atoms with Crippen molar-refractivity contribution in [1.82, 2.24) is 5.32 Å². The molecular weight excluding hydrogens is 159 g/mol. The first-order valence-corrected chi connectivity index (χ1v) is 3.52. The van der Waals surface area contributed by atoms with Crippen LogP contribution in [0.15, 0.2) is 0 Å². The Morgan fingerprint density at radius 3 is 2.64 bits per heavy atom. The third-order valence-electron chi connectivity index (χ3n) is 1.61. The molecule has 1 aliphatic heterocycles. The number of halogens is 3. The second-order valence-electron chi connectivity index (χ2n) is 2.55. The normalized spacial score (nSPS) is 25.9. The fourth-order valence-electron chi connectivity index (χ4n) is 1.09. The fraction of sp³-hybridized carbons (Fsp3) is 1.00. The Hall–Kier alpha value is -0.290. The highest BCUT2D eigenvalue weighted by Gasteiger charge is 2.30. The molecule has 1 atom stereocenters. The van der Waals surface area contributed by atoms with E-state index in [4.69, 9.17) is 0 Å². The first-order valence-electron chi connectivity index (χ1n) is 3.52. The van der Waals surface area contributed by atoms with E-state index in [9.17, 15) is 13.2 Å². The van der Waals surface area contributed by atoms with Crippen molar-refractivity contribution >= 4 is 0 Å². The summed E-state index contributed by atoms with van der Waals surface area (Å²) >= 11 is 0. The van der Waals surface area contributed by atoms with Crippen molar-refractivity contribution in [3.8, 4) is 0 Å². The van der Waals surface area contributed by atoms with Crippen molar-refractivity contribution in [3.63, 3.8) is 0 Å². The summed E-state index contributed by atoms with van der Waals surface area (Å²) in [5, 5.41) is 2.90. The quantitative estimate of drug-likeness (QED) is 0.672. The van der Waals surface area contributed by atoms with E-state index in [1.807, 2.05) is 0 Å². The molecule has 1 rings (SSSR count). The molecule has 1 heterocycles. The van der Waals surface area contributed by atoms with Gasteiger partial charge in [-0.25, -0.2) is 0 Å². The van der Waals surface area contributed by atoms with Crippen LogP contribution in [0, 0.1) is 0 Å². The minimum Gasteiger partial charge on any atom is -0.312 e. The highest BCUT2D eigenvalue weighted by Crippen LogP contribution is 2.17. The molecular formula is C6H10F3NO. The van der Waals surface area contributed by atoms with Crippen molar-refractivity contribution < 1.29 is 17.9 Å². The summed E-state index contributed by atoms with van der Waals surface area (Å²) in [5.74, 6) is 0. The van der Waals surface area contributed by atoms with Gasteiger partial charge in [0.15, 0.2) is 0 Å². The largest absolute Gasteiger partial charge is 0.522 e. The Morgan fingerprint density at radius 1 is 1.45 bits per heavy atom.